The molecule has 3 aromatic rings. The SMILES string of the molecule is O=C(Cc1ccc(C2CC2)cc1)N1CCN(c2ncc3ccsc3n2)CC1. The highest BCUT2D eigenvalue weighted by molar-refractivity contribution is 7.16. The molecule has 138 valence electrons. The summed E-state index contributed by atoms with van der Waals surface area (Å²) in [6.45, 7) is 3.02. The zero-order chi connectivity index (χ0) is 18.2. The summed E-state index contributed by atoms with van der Waals surface area (Å²) in [5.74, 6) is 1.75. The topological polar surface area (TPSA) is 49.3 Å². The molecule has 1 aromatic carbocycles. The van der Waals surface area contributed by atoms with Crippen LogP contribution < -0.4 is 4.90 Å². The highest BCUT2D eigenvalue weighted by Gasteiger charge is 2.24. The molecular weight excluding hydrogens is 356 g/mol. The van der Waals surface area contributed by atoms with Gasteiger partial charge in [0.2, 0.25) is 11.9 Å². The van der Waals surface area contributed by atoms with Crippen LogP contribution in [0.5, 0.6) is 0 Å². The molecule has 1 aliphatic heterocycles. The second-order valence-corrected chi connectivity index (χ2v) is 8.31. The Balaban J connectivity index is 1.18. The fraction of sp³-hybridized carbons (Fsp3) is 0.381. The third kappa shape index (κ3) is 3.54. The molecule has 0 N–H and O–H groups in total. The molecular formula is C21H22N4OS. The molecule has 1 saturated heterocycles. The van der Waals surface area contributed by atoms with Crippen molar-refractivity contribution in [3.63, 3.8) is 0 Å². The molecule has 2 aromatic heterocycles. The molecule has 0 atom stereocenters. The Bertz CT molecular complexity index is 956. The van der Waals surface area contributed by atoms with Crippen LogP contribution in [0.25, 0.3) is 10.2 Å². The maximum atomic E-state index is 12.7. The molecule has 1 saturated carbocycles. The highest BCUT2D eigenvalue weighted by Crippen LogP contribution is 2.39. The third-order valence-electron chi connectivity index (χ3n) is 5.49. The Morgan fingerprint density at radius 1 is 1.07 bits per heavy atom. The minimum Gasteiger partial charge on any atom is -0.339 e. The van der Waals surface area contributed by atoms with Gasteiger partial charge in [-0.3, -0.25) is 4.79 Å². The van der Waals surface area contributed by atoms with E-state index >= 15 is 0 Å². The van der Waals surface area contributed by atoms with E-state index in [1.165, 1.54) is 18.4 Å². The minimum absolute atomic E-state index is 0.212. The molecule has 1 aliphatic carbocycles. The number of carbonyl (C=O) groups excluding carboxylic acids is 1. The van der Waals surface area contributed by atoms with Crippen molar-refractivity contribution < 1.29 is 4.79 Å². The number of fused-ring (bicyclic) bond motifs is 1. The fourth-order valence-electron chi connectivity index (χ4n) is 3.67. The van der Waals surface area contributed by atoms with Crippen molar-refractivity contribution in [3.05, 3.63) is 53.0 Å². The van der Waals surface area contributed by atoms with Gasteiger partial charge in [0.05, 0.1) is 6.42 Å². The molecule has 5 nitrogen and oxygen atoms in total. The molecule has 0 bridgehead atoms. The normalized spacial score (nSPS) is 17.5. The number of rotatable bonds is 4. The Labute approximate surface area is 162 Å². The Kier molecular flexibility index (Phi) is 4.28. The number of anilines is 1. The second kappa shape index (κ2) is 6.93. The van der Waals surface area contributed by atoms with Crippen LogP contribution in [0.3, 0.4) is 0 Å². The van der Waals surface area contributed by atoms with Crippen LogP contribution in [0.4, 0.5) is 5.95 Å². The molecule has 0 spiro atoms. The van der Waals surface area contributed by atoms with Crippen LogP contribution in [-0.2, 0) is 11.2 Å². The maximum absolute atomic E-state index is 12.7. The summed E-state index contributed by atoms with van der Waals surface area (Å²) in [6.07, 6.45) is 5.00. The van der Waals surface area contributed by atoms with Crippen molar-refractivity contribution >= 4 is 33.4 Å². The van der Waals surface area contributed by atoms with E-state index in [1.807, 2.05) is 22.5 Å². The summed E-state index contributed by atoms with van der Waals surface area (Å²) in [5.41, 5.74) is 2.53. The second-order valence-electron chi connectivity index (χ2n) is 7.41. The molecule has 2 aliphatic rings. The van der Waals surface area contributed by atoms with E-state index in [-0.39, 0.29) is 5.91 Å². The average Bonchev–Trinajstić information content (AvgIpc) is 3.45. The molecule has 0 unspecified atom stereocenters. The molecule has 3 heterocycles. The van der Waals surface area contributed by atoms with Crippen molar-refractivity contribution in [2.24, 2.45) is 0 Å². The van der Waals surface area contributed by atoms with Crippen molar-refractivity contribution in [3.8, 4) is 0 Å². The number of aromatic nitrogens is 2. The van der Waals surface area contributed by atoms with Gasteiger partial charge in [0.25, 0.3) is 0 Å². The Morgan fingerprint density at radius 3 is 2.59 bits per heavy atom. The number of thiophene rings is 1. The van der Waals surface area contributed by atoms with Gasteiger partial charge in [0, 0.05) is 37.8 Å². The number of benzene rings is 1. The molecule has 6 heteroatoms. The number of piperazine rings is 1. The highest BCUT2D eigenvalue weighted by atomic mass is 32.1. The standard InChI is InChI=1S/C21H22N4OS/c26-19(13-15-1-3-16(4-2-15)17-5-6-17)24-8-10-25(11-9-24)21-22-14-18-7-12-27-20(18)23-21/h1-4,7,12,14,17H,5-6,8-11,13H2. The van der Waals surface area contributed by atoms with E-state index in [9.17, 15) is 4.79 Å². The zero-order valence-electron chi connectivity index (χ0n) is 15.2. The van der Waals surface area contributed by atoms with Gasteiger partial charge in [-0.2, -0.15) is 0 Å². The predicted molar refractivity (Wildman–Crippen MR) is 108 cm³/mol. The third-order valence-corrected chi connectivity index (χ3v) is 6.32. The summed E-state index contributed by atoms with van der Waals surface area (Å²) in [7, 11) is 0. The van der Waals surface area contributed by atoms with Crippen molar-refractivity contribution in [1.29, 1.82) is 0 Å². The van der Waals surface area contributed by atoms with Gasteiger partial charge in [0.15, 0.2) is 0 Å². The number of carbonyl (C=O) groups is 1. The lowest BCUT2D eigenvalue weighted by molar-refractivity contribution is -0.130. The molecule has 5 rings (SSSR count). The van der Waals surface area contributed by atoms with E-state index < -0.39 is 0 Å². The monoisotopic (exact) mass is 378 g/mol. The van der Waals surface area contributed by atoms with Crippen LogP contribution in [0.15, 0.2) is 41.9 Å². The average molecular weight is 379 g/mol. The number of hydrogen-bond acceptors (Lipinski definition) is 5. The van der Waals surface area contributed by atoms with Gasteiger partial charge in [-0.25, -0.2) is 9.97 Å². The van der Waals surface area contributed by atoms with Crippen LogP contribution >= 0.6 is 11.3 Å². The van der Waals surface area contributed by atoms with E-state index in [1.54, 1.807) is 11.3 Å². The summed E-state index contributed by atoms with van der Waals surface area (Å²) in [6, 6.07) is 10.7. The molecule has 0 radical (unpaired) electrons. The van der Waals surface area contributed by atoms with E-state index in [2.05, 4.69) is 39.1 Å². The largest absolute Gasteiger partial charge is 0.339 e. The summed E-state index contributed by atoms with van der Waals surface area (Å²) in [5, 5.41) is 3.13. The fourth-order valence-corrected chi connectivity index (χ4v) is 4.40. The lowest BCUT2D eigenvalue weighted by Crippen LogP contribution is -2.49. The Morgan fingerprint density at radius 2 is 1.85 bits per heavy atom. The predicted octanol–water partition coefficient (Wildman–Crippen LogP) is 3.46. The minimum atomic E-state index is 0.212. The van der Waals surface area contributed by atoms with Gasteiger partial charge in [0.1, 0.15) is 4.83 Å². The van der Waals surface area contributed by atoms with Gasteiger partial charge in [-0.15, -0.1) is 11.3 Å². The maximum Gasteiger partial charge on any atom is 0.227 e. The van der Waals surface area contributed by atoms with Crippen LogP contribution in [0.2, 0.25) is 0 Å². The lowest BCUT2D eigenvalue weighted by atomic mass is 10.1. The van der Waals surface area contributed by atoms with Crippen molar-refractivity contribution in [2.75, 3.05) is 31.1 Å². The van der Waals surface area contributed by atoms with Crippen LogP contribution in [0, 0.1) is 0 Å². The molecule has 1 amide bonds. The molecule has 2 fully saturated rings. The van der Waals surface area contributed by atoms with E-state index in [4.69, 9.17) is 0 Å². The van der Waals surface area contributed by atoms with Crippen molar-refractivity contribution in [1.82, 2.24) is 14.9 Å². The van der Waals surface area contributed by atoms with Gasteiger partial charge in [-0.1, -0.05) is 24.3 Å². The first kappa shape index (κ1) is 16.7. The van der Waals surface area contributed by atoms with Gasteiger partial charge < -0.3 is 9.80 Å². The number of amides is 1. The van der Waals surface area contributed by atoms with E-state index in [0.29, 0.717) is 6.42 Å². The first-order valence-corrected chi connectivity index (χ1v) is 10.5. The first-order chi connectivity index (χ1) is 13.3. The summed E-state index contributed by atoms with van der Waals surface area (Å²) < 4.78 is 0. The van der Waals surface area contributed by atoms with Crippen LogP contribution in [-0.4, -0.2) is 47.0 Å². The van der Waals surface area contributed by atoms with Gasteiger partial charge >= 0.3 is 0 Å². The van der Waals surface area contributed by atoms with E-state index in [0.717, 1.165) is 53.8 Å². The quantitative estimate of drug-likeness (QED) is 0.698. The zero-order valence-corrected chi connectivity index (χ0v) is 16.0. The van der Waals surface area contributed by atoms with Crippen LogP contribution in [0.1, 0.15) is 29.9 Å². The smallest absolute Gasteiger partial charge is 0.227 e. The summed E-state index contributed by atoms with van der Waals surface area (Å²) >= 11 is 1.64. The summed E-state index contributed by atoms with van der Waals surface area (Å²) in [4.78, 5) is 27.0. The Hall–Kier alpha value is -2.47. The molecule has 27 heavy (non-hydrogen) atoms. The number of nitrogens with zero attached hydrogens (tertiary/aromatic N) is 4. The lowest BCUT2D eigenvalue weighted by Gasteiger charge is -2.34. The first-order valence-electron chi connectivity index (χ1n) is 9.58. The number of hydrogen-bond donors (Lipinski definition) is 0. The van der Waals surface area contributed by atoms with Crippen molar-refractivity contribution in [2.45, 2.75) is 25.2 Å². The van der Waals surface area contributed by atoms with Gasteiger partial charge in [-0.05, 0) is 41.3 Å².